The molecule has 0 saturated heterocycles. The fraction of sp³-hybridized carbons (Fsp3) is 0.0526. The molecule has 0 aliphatic carbocycles. The van der Waals surface area contributed by atoms with E-state index in [0.717, 1.165) is 16.5 Å². The lowest BCUT2D eigenvalue weighted by Gasteiger charge is -2.10. The summed E-state index contributed by atoms with van der Waals surface area (Å²) >= 11 is 0. The van der Waals surface area contributed by atoms with Gasteiger partial charge in [-0.2, -0.15) is 0 Å². The summed E-state index contributed by atoms with van der Waals surface area (Å²) in [7, 11) is 0. The maximum Gasteiger partial charge on any atom is 0.261 e. The third-order valence-electron chi connectivity index (χ3n) is 4.08. The number of rotatable bonds is 3. The van der Waals surface area contributed by atoms with E-state index >= 15 is 0 Å². The van der Waals surface area contributed by atoms with Crippen LogP contribution >= 0.6 is 0 Å². The predicted octanol–water partition coefficient (Wildman–Crippen LogP) is 3.48. The molecule has 1 N–H and O–H groups in total. The number of fused-ring (bicyclic) bond motifs is 2. The van der Waals surface area contributed by atoms with Crippen LogP contribution in [0, 0.1) is 0 Å². The summed E-state index contributed by atoms with van der Waals surface area (Å²) in [6.45, 7) is 0.270. The minimum Gasteiger partial charge on any atom is -0.361 e. The van der Waals surface area contributed by atoms with E-state index in [1.807, 2.05) is 42.6 Å². The lowest BCUT2D eigenvalue weighted by atomic mass is 10.1. The zero-order valence-corrected chi connectivity index (χ0v) is 12.3. The van der Waals surface area contributed by atoms with Crippen molar-refractivity contribution in [2.75, 3.05) is 6.54 Å². The van der Waals surface area contributed by atoms with Gasteiger partial charge >= 0.3 is 0 Å². The second kappa shape index (κ2) is 5.25. The van der Waals surface area contributed by atoms with Crippen LogP contribution in [-0.2, 0) is 0 Å². The molecule has 0 radical (unpaired) electrons. The van der Waals surface area contributed by atoms with E-state index in [0.29, 0.717) is 11.1 Å². The van der Waals surface area contributed by atoms with Crippen LogP contribution in [0.1, 0.15) is 26.3 Å². The molecular formula is C19H14N2O2. The number of nitrogens with zero attached hydrogens (tertiary/aromatic N) is 1. The minimum atomic E-state index is -0.228. The van der Waals surface area contributed by atoms with E-state index in [1.54, 1.807) is 24.3 Å². The molecule has 1 aliphatic rings. The second-order valence-electron chi connectivity index (χ2n) is 5.46. The number of carbonyl (C=O) groups excluding carboxylic acids is 2. The van der Waals surface area contributed by atoms with Crippen molar-refractivity contribution >= 4 is 28.8 Å². The van der Waals surface area contributed by atoms with Gasteiger partial charge in [0.2, 0.25) is 0 Å². The Labute approximate surface area is 133 Å². The number of hydrogen-bond acceptors (Lipinski definition) is 2. The highest BCUT2D eigenvalue weighted by molar-refractivity contribution is 6.21. The van der Waals surface area contributed by atoms with Crippen LogP contribution in [0.15, 0.2) is 60.8 Å². The van der Waals surface area contributed by atoms with E-state index in [2.05, 4.69) is 4.98 Å². The van der Waals surface area contributed by atoms with Crippen molar-refractivity contribution in [3.05, 3.63) is 77.5 Å². The monoisotopic (exact) mass is 302 g/mol. The predicted molar refractivity (Wildman–Crippen MR) is 89.1 cm³/mol. The van der Waals surface area contributed by atoms with Crippen molar-refractivity contribution in [1.29, 1.82) is 0 Å². The third-order valence-corrected chi connectivity index (χ3v) is 4.08. The summed E-state index contributed by atoms with van der Waals surface area (Å²) in [4.78, 5) is 29.0. The van der Waals surface area contributed by atoms with Gasteiger partial charge in [-0.3, -0.25) is 14.5 Å². The zero-order valence-electron chi connectivity index (χ0n) is 12.3. The molecule has 4 nitrogen and oxygen atoms in total. The van der Waals surface area contributed by atoms with Crippen LogP contribution < -0.4 is 0 Å². The first-order valence-corrected chi connectivity index (χ1v) is 7.43. The van der Waals surface area contributed by atoms with Crippen LogP contribution in [-0.4, -0.2) is 28.2 Å². The molecule has 112 valence electrons. The van der Waals surface area contributed by atoms with Crippen LogP contribution in [0.2, 0.25) is 0 Å². The molecule has 4 heteroatoms. The molecule has 0 unspecified atom stereocenters. The zero-order chi connectivity index (χ0) is 15.8. The molecule has 0 fully saturated rings. The molecule has 2 heterocycles. The molecule has 0 atom stereocenters. The highest BCUT2D eigenvalue weighted by atomic mass is 16.2. The van der Waals surface area contributed by atoms with Gasteiger partial charge in [0.1, 0.15) is 0 Å². The van der Waals surface area contributed by atoms with Crippen molar-refractivity contribution in [1.82, 2.24) is 9.88 Å². The number of amides is 2. The molecule has 3 aromatic rings. The minimum absolute atomic E-state index is 0.228. The standard InChI is InChI=1S/C19H14N2O2/c22-18-15-8-1-2-9-16(15)19(23)21(18)11-5-6-13-12-20-17-10-4-3-7-14(13)17/h1-10,12,20H,11H2. The summed E-state index contributed by atoms with van der Waals surface area (Å²) in [6, 6.07) is 14.9. The largest absolute Gasteiger partial charge is 0.361 e. The Balaban J connectivity index is 1.56. The lowest BCUT2D eigenvalue weighted by Crippen LogP contribution is -2.29. The van der Waals surface area contributed by atoms with Crippen LogP contribution in [0.4, 0.5) is 0 Å². The van der Waals surface area contributed by atoms with Crippen molar-refractivity contribution in [3.8, 4) is 0 Å². The third kappa shape index (κ3) is 2.16. The first kappa shape index (κ1) is 13.5. The van der Waals surface area contributed by atoms with E-state index < -0.39 is 0 Å². The molecule has 4 rings (SSSR count). The summed E-state index contributed by atoms with van der Waals surface area (Å²) in [5.74, 6) is -0.455. The van der Waals surface area contributed by atoms with Crippen LogP contribution in [0.5, 0.6) is 0 Å². The highest BCUT2D eigenvalue weighted by Gasteiger charge is 2.34. The van der Waals surface area contributed by atoms with Crippen molar-refractivity contribution < 1.29 is 9.59 Å². The second-order valence-corrected chi connectivity index (χ2v) is 5.46. The summed E-state index contributed by atoms with van der Waals surface area (Å²) in [5.41, 5.74) is 3.07. The Morgan fingerprint density at radius 3 is 2.30 bits per heavy atom. The lowest BCUT2D eigenvalue weighted by molar-refractivity contribution is 0.0672. The quantitative estimate of drug-likeness (QED) is 0.753. The van der Waals surface area contributed by atoms with Gasteiger partial charge < -0.3 is 4.98 Å². The number of nitrogens with one attached hydrogen (secondary N) is 1. The fourth-order valence-corrected chi connectivity index (χ4v) is 2.92. The Hall–Kier alpha value is -3.14. The van der Waals surface area contributed by atoms with Gasteiger partial charge in [0, 0.05) is 23.6 Å². The van der Waals surface area contributed by atoms with E-state index in [9.17, 15) is 9.59 Å². The first-order valence-electron chi connectivity index (χ1n) is 7.43. The van der Waals surface area contributed by atoms with E-state index in [1.165, 1.54) is 4.90 Å². The molecule has 1 aromatic heterocycles. The topological polar surface area (TPSA) is 53.2 Å². The smallest absolute Gasteiger partial charge is 0.261 e. The average Bonchev–Trinajstić information content (AvgIpc) is 3.10. The van der Waals surface area contributed by atoms with Gasteiger partial charge in [0.15, 0.2) is 0 Å². The molecule has 2 aromatic carbocycles. The maximum atomic E-state index is 12.3. The van der Waals surface area contributed by atoms with Crippen molar-refractivity contribution in [2.45, 2.75) is 0 Å². The molecule has 0 bridgehead atoms. The van der Waals surface area contributed by atoms with E-state index in [-0.39, 0.29) is 18.4 Å². The SMILES string of the molecule is O=C1c2ccccc2C(=O)N1CC=Cc1c[nH]c2ccccc12. The van der Waals surface area contributed by atoms with E-state index in [4.69, 9.17) is 0 Å². The molecule has 0 spiro atoms. The average molecular weight is 302 g/mol. The van der Waals surface area contributed by atoms with Crippen LogP contribution in [0.3, 0.4) is 0 Å². The van der Waals surface area contributed by atoms with Crippen molar-refractivity contribution in [2.24, 2.45) is 0 Å². The number of aromatic amines is 1. The Morgan fingerprint density at radius 1 is 0.913 bits per heavy atom. The number of para-hydroxylation sites is 1. The number of imide groups is 1. The number of aromatic nitrogens is 1. The first-order chi connectivity index (χ1) is 11.3. The van der Waals surface area contributed by atoms with Gasteiger partial charge in [-0.1, -0.05) is 42.5 Å². The van der Waals surface area contributed by atoms with Gasteiger partial charge in [-0.25, -0.2) is 0 Å². The number of carbonyl (C=O) groups is 2. The Morgan fingerprint density at radius 2 is 1.57 bits per heavy atom. The number of H-pyrrole nitrogens is 1. The summed E-state index contributed by atoms with van der Waals surface area (Å²) in [6.07, 6.45) is 5.70. The summed E-state index contributed by atoms with van der Waals surface area (Å²) in [5, 5.41) is 1.12. The van der Waals surface area contributed by atoms with Crippen LogP contribution in [0.25, 0.3) is 17.0 Å². The van der Waals surface area contributed by atoms with Crippen molar-refractivity contribution in [3.63, 3.8) is 0 Å². The van der Waals surface area contributed by atoms with Gasteiger partial charge in [0.05, 0.1) is 11.1 Å². The normalized spacial score (nSPS) is 14.2. The number of hydrogen-bond donors (Lipinski definition) is 1. The molecule has 2 amide bonds. The maximum absolute atomic E-state index is 12.3. The Kier molecular flexibility index (Phi) is 3.08. The van der Waals surface area contributed by atoms with Gasteiger partial charge in [-0.05, 0) is 23.8 Å². The molecule has 1 aliphatic heterocycles. The fourth-order valence-electron chi connectivity index (χ4n) is 2.92. The molecule has 23 heavy (non-hydrogen) atoms. The Bertz CT molecular complexity index is 918. The molecular weight excluding hydrogens is 288 g/mol. The molecule has 0 saturated carbocycles. The van der Waals surface area contributed by atoms with Gasteiger partial charge in [0.25, 0.3) is 11.8 Å². The van der Waals surface area contributed by atoms with Gasteiger partial charge in [-0.15, -0.1) is 0 Å². The summed E-state index contributed by atoms with van der Waals surface area (Å²) < 4.78 is 0. The highest BCUT2D eigenvalue weighted by Crippen LogP contribution is 2.23. The number of benzene rings is 2.